The van der Waals surface area contributed by atoms with Gasteiger partial charge in [-0.05, 0) is 74.5 Å². The molecule has 0 aliphatic rings. The second-order valence-corrected chi connectivity index (χ2v) is 11.4. The van der Waals surface area contributed by atoms with Crippen LogP contribution in [0.5, 0.6) is 5.75 Å². The van der Waals surface area contributed by atoms with E-state index in [-0.39, 0.29) is 32.0 Å². The molecule has 0 spiro atoms. The van der Waals surface area contributed by atoms with Crippen LogP contribution in [0.2, 0.25) is 5.02 Å². The number of halogens is 1. The Bertz CT molecular complexity index is 1530. The number of nitrogens with zero attached hydrogens (tertiary/aromatic N) is 1. The second-order valence-electron chi connectivity index (χ2n) is 11.0. The van der Waals surface area contributed by atoms with Gasteiger partial charge in [0.25, 0.3) is 5.91 Å². The van der Waals surface area contributed by atoms with Gasteiger partial charge in [-0.1, -0.05) is 60.1 Å². The Balaban J connectivity index is 1.73. The van der Waals surface area contributed by atoms with Crippen molar-refractivity contribution in [1.29, 1.82) is 0 Å². The summed E-state index contributed by atoms with van der Waals surface area (Å²) in [6, 6.07) is 19.0. The van der Waals surface area contributed by atoms with Crippen molar-refractivity contribution in [2.24, 2.45) is 27.9 Å². The molecule has 0 fully saturated rings. The number of rotatable bonds is 19. The van der Waals surface area contributed by atoms with Crippen LogP contribution in [-0.2, 0) is 21.0 Å². The first-order chi connectivity index (χ1) is 23.1. The van der Waals surface area contributed by atoms with Gasteiger partial charge in [0.1, 0.15) is 30.5 Å². The molecule has 0 bridgehead atoms. The molecule has 4 amide bonds. The minimum atomic E-state index is -1.20. The van der Waals surface area contributed by atoms with Crippen LogP contribution in [0.25, 0.3) is 0 Å². The van der Waals surface area contributed by atoms with E-state index < -0.39 is 41.8 Å². The van der Waals surface area contributed by atoms with Gasteiger partial charge in [0, 0.05) is 22.7 Å². The summed E-state index contributed by atoms with van der Waals surface area (Å²) in [7, 11) is 0. The summed E-state index contributed by atoms with van der Waals surface area (Å²) in [6.07, 6.45) is 1.90. The maximum absolute atomic E-state index is 13.6. The highest BCUT2D eigenvalue weighted by atomic mass is 35.5. The lowest BCUT2D eigenvalue weighted by Gasteiger charge is -2.25. The number of hydrogen-bond acceptors (Lipinski definition) is 7. The number of hydrogen-bond donors (Lipinski definition) is 7. The van der Waals surface area contributed by atoms with E-state index in [2.05, 4.69) is 20.9 Å². The number of carbonyl (C=O) groups excluding carboxylic acids is 4. The minimum absolute atomic E-state index is 0.0933. The molecule has 0 heterocycles. The van der Waals surface area contributed by atoms with Crippen molar-refractivity contribution in [3.63, 3.8) is 0 Å². The van der Waals surface area contributed by atoms with Gasteiger partial charge < -0.3 is 43.6 Å². The van der Waals surface area contributed by atoms with Crippen molar-refractivity contribution in [2.75, 3.05) is 13.1 Å². The molecule has 3 rings (SSSR count). The third-order valence-electron chi connectivity index (χ3n) is 7.32. The quantitative estimate of drug-likeness (QED) is 0.0562. The van der Waals surface area contributed by atoms with Gasteiger partial charge in [-0.3, -0.25) is 24.2 Å². The molecule has 11 N–H and O–H groups in total. The van der Waals surface area contributed by atoms with E-state index in [0.29, 0.717) is 47.7 Å². The Hall–Kier alpha value is -5.14. The average Bonchev–Trinajstić information content (AvgIpc) is 3.08. The molecular weight excluding hydrogens is 636 g/mol. The fraction of sp³-hybridized carbons (Fsp3) is 0.324. The minimum Gasteiger partial charge on any atom is -0.489 e. The molecule has 0 unspecified atom stereocenters. The molecule has 14 heteroatoms. The van der Waals surface area contributed by atoms with Crippen LogP contribution in [0.1, 0.15) is 59.6 Å². The lowest BCUT2D eigenvalue weighted by atomic mass is 10.0. The lowest BCUT2D eigenvalue weighted by Crippen LogP contribution is -2.54. The Kier molecular flexibility index (Phi) is 15.2. The molecule has 256 valence electrons. The van der Waals surface area contributed by atoms with Crippen LogP contribution in [0.3, 0.4) is 0 Å². The third kappa shape index (κ3) is 12.2. The Morgan fingerprint density at radius 3 is 2.02 bits per heavy atom. The van der Waals surface area contributed by atoms with Crippen molar-refractivity contribution in [1.82, 2.24) is 16.0 Å². The molecule has 0 aliphatic heterocycles. The summed E-state index contributed by atoms with van der Waals surface area (Å²) in [4.78, 5) is 56.5. The molecule has 48 heavy (non-hydrogen) atoms. The van der Waals surface area contributed by atoms with E-state index in [0.717, 1.165) is 5.56 Å². The van der Waals surface area contributed by atoms with E-state index >= 15 is 0 Å². The highest BCUT2D eigenvalue weighted by molar-refractivity contribution is 6.31. The molecule has 0 saturated heterocycles. The number of benzene rings is 3. The van der Waals surface area contributed by atoms with Crippen LogP contribution in [0.4, 0.5) is 0 Å². The largest absolute Gasteiger partial charge is 0.489 e. The molecule has 3 atom stereocenters. The number of carbonyl (C=O) groups is 4. The number of nitrogens with one attached hydrogen (secondary N) is 3. The number of aliphatic imine (C=N–C) groups is 1. The highest BCUT2D eigenvalue weighted by Crippen LogP contribution is 2.21. The van der Waals surface area contributed by atoms with E-state index in [1.807, 2.05) is 18.2 Å². The number of amides is 4. The van der Waals surface area contributed by atoms with E-state index in [1.165, 1.54) is 0 Å². The molecular formula is C34H43ClN8O5. The molecule has 0 aliphatic carbocycles. The average molecular weight is 679 g/mol. The fourth-order valence-corrected chi connectivity index (χ4v) is 4.92. The number of nitrogens with two attached hydrogens (primary N) is 4. The van der Waals surface area contributed by atoms with Crippen LogP contribution >= 0.6 is 11.6 Å². The topological polar surface area (TPSA) is 230 Å². The molecule has 0 saturated carbocycles. The van der Waals surface area contributed by atoms with Crippen molar-refractivity contribution >= 4 is 41.2 Å². The maximum Gasteiger partial charge on any atom is 0.251 e. The number of guanidine groups is 1. The number of ether oxygens (including phenoxy) is 1. The summed E-state index contributed by atoms with van der Waals surface area (Å²) in [6.45, 7) is 0.857. The van der Waals surface area contributed by atoms with Crippen molar-refractivity contribution in [3.8, 4) is 5.75 Å². The second kappa shape index (κ2) is 19.5. The van der Waals surface area contributed by atoms with Gasteiger partial charge in [-0.2, -0.15) is 0 Å². The smallest absolute Gasteiger partial charge is 0.251 e. The van der Waals surface area contributed by atoms with Gasteiger partial charge in [-0.25, -0.2) is 0 Å². The first-order valence-corrected chi connectivity index (χ1v) is 15.9. The molecule has 3 aromatic carbocycles. The van der Waals surface area contributed by atoms with Gasteiger partial charge in [0.2, 0.25) is 17.7 Å². The Morgan fingerprint density at radius 1 is 0.750 bits per heavy atom. The van der Waals surface area contributed by atoms with Crippen LogP contribution in [0, 0.1) is 0 Å². The summed E-state index contributed by atoms with van der Waals surface area (Å²) in [5.41, 5.74) is 23.8. The predicted octanol–water partition coefficient (Wildman–Crippen LogP) is 2.03. The van der Waals surface area contributed by atoms with Crippen molar-refractivity contribution < 1.29 is 23.9 Å². The summed E-state index contributed by atoms with van der Waals surface area (Å²) in [5, 5.41) is 8.74. The zero-order valence-corrected chi connectivity index (χ0v) is 27.3. The monoisotopic (exact) mass is 678 g/mol. The van der Waals surface area contributed by atoms with Gasteiger partial charge in [0.05, 0.1) is 0 Å². The van der Waals surface area contributed by atoms with Gasteiger partial charge in [-0.15, -0.1) is 0 Å². The molecule has 0 aromatic heterocycles. The normalized spacial score (nSPS) is 12.5. The first-order valence-electron chi connectivity index (χ1n) is 15.6. The van der Waals surface area contributed by atoms with Gasteiger partial charge >= 0.3 is 0 Å². The zero-order valence-electron chi connectivity index (χ0n) is 26.6. The van der Waals surface area contributed by atoms with Crippen molar-refractivity contribution in [3.05, 3.63) is 101 Å². The Labute approximate surface area is 284 Å². The first kappa shape index (κ1) is 37.3. The SMILES string of the molecule is NCCCC[C@H](NC(=O)[C@H](CCCN=C(N)N)NC(=O)c1ccccc1)C(=O)N[C@@H](C(N)=O)c1ccc(OCc2ccccc2Cl)cc1. The van der Waals surface area contributed by atoms with Gasteiger partial charge in [0.15, 0.2) is 5.96 Å². The number of primary amides is 1. The zero-order chi connectivity index (χ0) is 34.9. The van der Waals surface area contributed by atoms with Crippen LogP contribution in [-0.4, -0.2) is 54.8 Å². The fourth-order valence-electron chi connectivity index (χ4n) is 4.73. The summed E-state index contributed by atoms with van der Waals surface area (Å²) < 4.78 is 5.82. The van der Waals surface area contributed by atoms with Crippen LogP contribution < -0.4 is 43.6 Å². The molecule has 3 aromatic rings. The van der Waals surface area contributed by atoms with Crippen molar-refractivity contribution in [2.45, 2.75) is 56.8 Å². The molecule has 0 radical (unpaired) electrons. The maximum atomic E-state index is 13.6. The van der Waals surface area contributed by atoms with Crippen LogP contribution in [0.15, 0.2) is 83.9 Å². The standard InChI is InChI=1S/C34H43ClN8O5/c35-26-12-5-4-11-24(26)21-48-25-17-15-22(16-18-25)29(30(37)44)43-33(47)27(13-6-7-19-36)42-32(46)28(14-8-20-40-34(38)39)41-31(45)23-9-2-1-3-10-23/h1-5,9-12,15-18,27-29H,6-8,13-14,19-21,36H2,(H2,37,44)(H,41,45)(H,42,46)(H,43,47)(H4,38,39,40)/t27-,28-,29+/m0/s1. The highest BCUT2D eigenvalue weighted by Gasteiger charge is 2.29. The van der Waals surface area contributed by atoms with E-state index in [1.54, 1.807) is 60.7 Å². The number of unbranched alkanes of at least 4 members (excludes halogenated alkanes) is 1. The Morgan fingerprint density at radius 2 is 1.38 bits per heavy atom. The summed E-state index contributed by atoms with van der Waals surface area (Å²) >= 11 is 6.21. The van der Waals surface area contributed by atoms with E-state index in [9.17, 15) is 19.2 Å². The lowest BCUT2D eigenvalue weighted by molar-refractivity contribution is -0.132. The van der Waals surface area contributed by atoms with E-state index in [4.69, 9.17) is 39.3 Å². The third-order valence-corrected chi connectivity index (χ3v) is 7.69. The predicted molar refractivity (Wildman–Crippen MR) is 185 cm³/mol. The molecule has 13 nitrogen and oxygen atoms in total. The summed E-state index contributed by atoms with van der Waals surface area (Å²) in [5.74, 6) is -2.06.